The molecule has 0 spiro atoms. The highest BCUT2D eigenvalue weighted by Crippen LogP contribution is 2.55. The van der Waals surface area contributed by atoms with Gasteiger partial charge in [0.1, 0.15) is 0 Å². The number of fused-ring (bicyclic) bond motifs is 1. The average molecular weight is 284 g/mol. The SMILES string of the molecule is CCOC(=O)C1(C(=O)OCC)C[C@H]2COC(C)(C)[C@H]2C1. The molecule has 1 saturated heterocycles. The number of carbonyl (C=O) groups excluding carboxylic acids is 2. The van der Waals surface area contributed by atoms with Crippen LogP contribution in [0.2, 0.25) is 0 Å². The summed E-state index contributed by atoms with van der Waals surface area (Å²) in [6.07, 6.45) is 0.932. The van der Waals surface area contributed by atoms with Crippen LogP contribution in [0.4, 0.5) is 0 Å². The minimum absolute atomic E-state index is 0.191. The van der Waals surface area contributed by atoms with E-state index in [1.54, 1.807) is 13.8 Å². The molecule has 5 nitrogen and oxygen atoms in total. The lowest BCUT2D eigenvalue weighted by atomic mass is 9.82. The van der Waals surface area contributed by atoms with Gasteiger partial charge in [-0.3, -0.25) is 9.59 Å². The zero-order valence-corrected chi connectivity index (χ0v) is 12.7. The van der Waals surface area contributed by atoms with Gasteiger partial charge in [-0.2, -0.15) is 0 Å². The Kier molecular flexibility index (Phi) is 4.09. The quantitative estimate of drug-likeness (QED) is 0.583. The molecule has 0 N–H and O–H groups in total. The lowest BCUT2D eigenvalue weighted by Crippen LogP contribution is -2.42. The van der Waals surface area contributed by atoms with Gasteiger partial charge in [0.15, 0.2) is 5.41 Å². The van der Waals surface area contributed by atoms with E-state index in [4.69, 9.17) is 14.2 Å². The molecule has 114 valence electrons. The van der Waals surface area contributed by atoms with Crippen molar-refractivity contribution in [2.75, 3.05) is 19.8 Å². The second-order valence-corrected chi connectivity index (χ2v) is 6.21. The van der Waals surface area contributed by atoms with Gasteiger partial charge < -0.3 is 14.2 Å². The van der Waals surface area contributed by atoms with Gasteiger partial charge in [0.25, 0.3) is 0 Å². The van der Waals surface area contributed by atoms with Crippen LogP contribution in [0.25, 0.3) is 0 Å². The molecule has 0 radical (unpaired) electrons. The highest BCUT2D eigenvalue weighted by atomic mass is 16.6. The van der Waals surface area contributed by atoms with Crippen LogP contribution in [0.5, 0.6) is 0 Å². The van der Waals surface area contributed by atoms with Crippen molar-refractivity contribution < 1.29 is 23.8 Å². The monoisotopic (exact) mass is 284 g/mol. The molecule has 0 unspecified atom stereocenters. The molecule has 20 heavy (non-hydrogen) atoms. The van der Waals surface area contributed by atoms with Crippen LogP contribution in [0.1, 0.15) is 40.5 Å². The van der Waals surface area contributed by atoms with Gasteiger partial charge >= 0.3 is 11.9 Å². The Morgan fingerprint density at radius 3 is 2.10 bits per heavy atom. The van der Waals surface area contributed by atoms with E-state index in [0.717, 1.165) is 0 Å². The van der Waals surface area contributed by atoms with Crippen LogP contribution < -0.4 is 0 Å². The van der Waals surface area contributed by atoms with E-state index in [-0.39, 0.29) is 30.7 Å². The molecule has 1 heterocycles. The summed E-state index contributed by atoms with van der Waals surface area (Å²) in [5, 5.41) is 0. The lowest BCUT2D eigenvalue weighted by Gasteiger charge is -2.29. The van der Waals surface area contributed by atoms with Crippen LogP contribution in [0.15, 0.2) is 0 Å². The van der Waals surface area contributed by atoms with Crippen molar-refractivity contribution in [2.45, 2.75) is 46.1 Å². The second-order valence-electron chi connectivity index (χ2n) is 6.21. The fraction of sp³-hybridized carbons (Fsp3) is 0.867. The maximum Gasteiger partial charge on any atom is 0.323 e. The predicted octanol–water partition coefficient (Wildman–Crippen LogP) is 1.93. The van der Waals surface area contributed by atoms with Gasteiger partial charge in [-0.05, 0) is 52.4 Å². The summed E-state index contributed by atoms with van der Waals surface area (Å²) in [6.45, 7) is 8.68. The summed E-state index contributed by atoms with van der Waals surface area (Å²) in [5.74, 6) is -0.470. The molecule has 1 aliphatic carbocycles. The second kappa shape index (κ2) is 5.35. The van der Waals surface area contributed by atoms with Crippen molar-refractivity contribution in [1.29, 1.82) is 0 Å². The molecular weight excluding hydrogens is 260 g/mol. The lowest BCUT2D eigenvalue weighted by molar-refractivity contribution is -0.173. The number of carbonyl (C=O) groups is 2. The molecule has 1 aliphatic heterocycles. The number of rotatable bonds is 4. The summed E-state index contributed by atoms with van der Waals surface area (Å²) in [7, 11) is 0. The summed E-state index contributed by atoms with van der Waals surface area (Å²) in [4.78, 5) is 24.7. The first-order valence-corrected chi connectivity index (χ1v) is 7.35. The van der Waals surface area contributed by atoms with E-state index >= 15 is 0 Å². The fourth-order valence-corrected chi connectivity index (χ4v) is 3.59. The number of hydrogen-bond acceptors (Lipinski definition) is 5. The molecule has 0 bridgehead atoms. The van der Waals surface area contributed by atoms with Crippen LogP contribution in [-0.2, 0) is 23.8 Å². The summed E-state index contributed by atoms with van der Waals surface area (Å²) in [6, 6.07) is 0. The average Bonchev–Trinajstić information content (AvgIpc) is 2.89. The third-order valence-electron chi connectivity index (χ3n) is 4.64. The molecule has 0 amide bonds. The minimum Gasteiger partial charge on any atom is -0.465 e. The van der Waals surface area contributed by atoms with Crippen LogP contribution in [-0.4, -0.2) is 37.4 Å². The van der Waals surface area contributed by atoms with Gasteiger partial charge in [-0.15, -0.1) is 0 Å². The molecule has 2 rings (SSSR count). The zero-order chi connectivity index (χ0) is 15.0. The zero-order valence-electron chi connectivity index (χ0n) is 12.7. The Morgan fingerprint density at radius 2 is 1.65 bits per heavy atom. The first kappa shape index (κ1) is 15.3. The Balaban J connectivity index is 2.27. The van der Waals surface area contributed by atoms with Crippen molar-refractivity contribution in [3.05, 3.63) is 0 Å². The van der Waals surface area contributed by atoms with Gasteiger partial charge in [0.05, 0.1) is 25.4 Å². The maximum atomic E-state index is 12.4. The number of ether oxygens (including phenoxy) is 3. The van der Waals surface area contributed by atoms with E-state index in [1.807, 2.05) is 13.8 Å². The van der Waals surface area contributed by atoms with Crippen molar-refractivity contribution in [3.63, 3.8) is 0 Å². The Hall–Kier alpha value is -1.10. The predicted molar refractivity (Wildman–Crippen MR) is 71.9 cm³/mol. The van der Waals surface area contributed by atoms with Crippen LogP contribution in [0, 0.1) is 17.3 Å². The summed E-state index contributed by atoms with van der Waals surface area (Å²) in [5.41, 5.74) is -1.44. The Bertz CT molecular complexity index is 383. The first-order valence-electron chi connectivity index (χ1n) is 7.35. The highest BCUT2D eigenvalue weighted by Gasteiger charge is 2.62. The number of esters is 2. The first-order chi connectivity index (χ1) is 9.37. The van der Waals surface area contributed by atoms with Crippen molar-refractivity contribution in [2.24, 2.45) is 17.3 Å². The van der Waals surface area contributed by atoms with Gasteiger partial charge in [-0.25, -0.2) is 0 Å². The topological polar surface area (TPSA) is 61.8 Å². The molecule has 2 fully saturated rings. The Morgan fingerprint density at radius 1 is 1.10 bits per heavy atom. The highest BCUT2D eigenvalue weighted by molar-refractivity contribution is 6.00. The van der Waals surface area contributed by atoms with Gasteiger partial charge in [0.2, 0.25) is 0 Å². The molecule has 5 heteroatoms. The molecule has 2 aliphatic rings. The van der Waals surface area contributed by atoms with E-state index in [2.05, 4.69) is 0 Å². The third-order valence-corrected chi connectivity index (χ3v) is 4.64. The van der Waals surface area contributed by atoms with Crippen LogP contribution >= 0.6 is 0 Å². The van der Waals surface area contributed by atoms with E-state index in [1.165, 1.54) is 0 Å². The van der Waals surface area contributed by atoms with Gasteiger partial charge in [-0.1, -0.05) is 0 Å². The smallest absolute Gasteiger partial charge is 0.323 e. The van der Waals surface area contributed by atoms with Crippen molar-refractivity contribution in [1.82, 2.24) is 0 Å². The fourth-order valence-electron chi connectivity index (χ4n) is 3.59. The molecule has 0 aromatic rings. The standard InChI is InChI=1S/C15H24O5/c1-5-18-12(16)15(13(17)19-6-2)7-10-9-20-14(3,4)11(10)8-15/h10-11H,5-9H2,1-4H3/t10-,11-/m0/s1. The third kappa shape index (κ3) is 2.32. The van der Waals surface area contributed by atoms with E-state index in [0.29, 0.717) is 19.4 Å². The number of hydrogen-bond donors (Lipinski definition) is 0. The van der Waals surface area contributed by atoms with Crippen LogP contribution in [0.3, 0.4) is 0 Å². The van der Waals surface area contributed by atoms with Crippen molar-refractivity contribution >= 4 is 11.9 Å². The largest absolute Gasteiger partial charge is 0.465 e. The Labute approximate surface area is 120 Å². The molecule has 0 aromatic carbocycles. The maximum absolute atomic E-state index is 12.4. The molecule has 0 aromatic heterocycles. The van der Waals surface area contributed by atoms with Crippen molar-refractivity contribution in [3.8, 4) is 0 Å². The minimum atomic E-state index is -1.14. The summed E-state index contributed by atoms with van der Waals surface area (Å²) < 4.78 is 16.1. The van der Waals surface area contributed by atoms with E-state index in [9.17, 15) is 9.59 Å². The van der Waals surface area contributed by atoms with E-state index < -0.39 is 17.4 Å². The molecule has 2 atom stereocenters. The van der Waals surface area contributed by atoms with Gasteiger partial charge in [0, 0.05) is 0 Å². The summed E-state index contributed by atoms with van der Waals surface area (Å²) >= 11 is 0. The molecular formula is C15H24O5. The molecule has 1 saturated carbocycles. The normalized spacial score (nSPS) is 29.8.